The highest BCUT2D eigenvalue weighted by atomic mass is 16.6. The summed E-state index contributed by atoms with van der Waals surface area (Å²) in [6.07, 6.45) is 2.35. The molecule has 1 aliphatic heterocycles. The molecule has 0 aliphatic carbocycles. The van der Waals surface area contributed by atoms with E-state index in [9.17, 15) is 9.59 Å². The van der Waals surface area contributed by atoms with Crippen LogP contribution in [0.3, 0.4) is 0 Å². The molecule has 5 nitrogen and oxygen atoms in total. The van der Waals surface area contributed by atoms with Crippen molar-refractivity contribution in [2.75, 3.05) is 9.80 Å². The van der Waals surface area contributed by atoms with Gasteiger partial charge in [0.25, 0.3) is 5.91 Å². The van der Waals surface area contributed by atoms with Gasteiger partial charge in [-0.15, -0.1) is 0 Å². The van der Waals surface area contributed by atoms with Gasteiger partial charge in [0.1, 0.15) is 5.60 Å². The standard InChI is InChI=1S/C20H20N2O3/c1-20(2,3)25-19(24)22-17-12-8-7-11-16(17)21(14-13-18(22)23)15-9-5-4-6-10-15/h4-14H,1-3H3. The minimum absolute atomic E-state index is 0.444. The fourth-order valence-corrected chi connectivity index (χ4v) is 2.58. The van der Waals surface area contributed by atoms with Crippen LogP contribution in [0.1, 0.15) is 20.8 Å². The number of nitrogens with zero attached hydrogens (tertiary/aromatic N) is 2. The number of rotatable bonds is 1. The number of amides is 2. The second-order valence-electron chi connectivity index (χ2n) is 6.66. The van der Waals surface area contributed by atoms with Crippen molar-refractivity contribution in [1.29, 1.82) is 0 Å². The molecule has 0 saturated heterocycles. The third kappa shape index (κ3) is 3.55. The zero-order valence-corrected chi connectivity index (χ0v) is 14.5. The first-order chi connectivity index (χ1) is 11.9. The molecule has 1 aliphatic rings. The summed E-state index contributed by atoms with van der Waals surface area (Å²) in [5.74, 6) is -0.444. The zero-order chi connectivity index (χ0) is 18.0. The van der Waals surface area contributed by atoms with Gasteiger partial charge in [-0.3, -0.25) is 4.79 Å². The number of imide groups is 1. The number of benzene rings is 2. The Balaban J connectivity index is 2.09. The fraction of sp³-hybridized carbons (Fsp3) is 0.200. The van der Waals surface area contributed by atoms with Crippen molar-refractivity contribution in [2.24, 2.45) is 0 Å². The number of carbonyl (C=O) groups is 2. The molecule has 2 aromatic carbocycles. The van der Waals surface area contributed by atoms with E-state index in [0.717, 1.165) is 16.3 Å². The van der Waals surface area contributed by atoms with E-state index in [4.69, 9.17) is 4.74 Å². The number of hydrogen-bond acceptors (Lipinski definition) is 4. The largest absolute Gasteiger partial charge is 0.443 e. The summed E-state index contributed by atoms with van der Waals surface area (Å²) in [6.45, 7) is 5.31. The normalized spacial score (nSPS) is 14.1. The number of anilines is 3. The molecule has 2 amide bonds. The van der Waals surface area contributed by atoms with E-state index in [2.05, 4.69) is 0 Å². The van der Waals surface area contributed by atoms with Gasteiger partial charge in [0.15, 0.2) is 0 Å². The van der Waals surface area contributed by atoms with Crippen LogP contribution in [0.4, 0.5) is 21.9 Å². The average molecular weight is 336 g/mol. The first-order valence-corrected chi connectivity index (χ1v) is 8.05. The van der Waals surface area contributed by atoms with Crippen molar-refractivity contribution in [2.45, 2.75) is 26.4 Å². The first kappa shape index (κ1) is 16.8. The molecule has 0 aromatic heterocycles. The van der Waals surface area contributed by atoms with Crippen LogP contribution in [0, 0.1) is 0 Å². The SMILES string of the molecule is CC(C)(C)OC(=O)N1C(=O)C=CN(c2ccccc2)c2ccccc21. The molecular formula is C20H20N2O3. The van der Waals surface area contributed by atoms with Gasteiger partial charge in [0.2, 0.25) is 0 Å². The molecule has 3 rings (SSSR count). The molecule has 0 unspecified atom stereocenters. The highest BCUT2D eigenvalue weighted by Gasteiger charge is 2.32. The smallest absolute Gasteiger partial charge is 0.422 e. The molecule has 128 valence electrons. The summed E-state index contributed by atoms with van der Waals surface area (Å²) < 4.78 is 5.41. The maximum absolute atomic E-state index is 12.6. The van der Waals surface area contributed by atoms with Crippen LogP contribution < -0.4 is 9.80 Å². The van der Waals surface area contributed by atoms with E-state index in [0.29, 0.717) is 5.69 Å². The number of para-hydroxylation sites is 3. The summed E-state index contributed by atoms with van der Waals surface area (Å²) in [4.78, 5) is 28.1. The van der Waals surface area contributed by atoms with Crippen molar-refractivity contribution in [3.05, 3.63) is 66.9 Å². The lowest BCUT2D eigenvalue weighted by molar-refractivity contribution is -0.114. The summed E-state index contributed by atoms with van der Waals surface area (Å²) in [5, 5.41) is 0. The lowest BCUT2D eigenvalue weighted by Crippen LogP contribution is -2.40. The Kier molecular flexibility index (Phi) is 4.31. The van der Waals surface area contributed by atoms with E-state index in [1.807, 2.05) is 47.4 Å². The lowest BCUT2D eigenvalue weighted by Gasteiger charge is -2.27. The van der Waals surface area contributed by atoms with Gasteiger partial charge in [-0.05, 0) is 45.0 Å². The Bertz CT molecular complexity index is 822. The molecule has 0 spiro atoms. The van der Waals surface area contributed by atoms with Crippen LogP contribution in [0.15, 0.2) is 66.9 Å². The maximum Gasteiger partial charge on any atom is 0.422 e. The van der Waals surface area contributed by atoms with Crippen molar-refractivity contribution in [3.63, 3.8) is 0 Å². The van der Waals surface area contributed by atoms with Crippen LogP contribution in [0.2, 0.25) is 0 Å². The molecule has 0 radical (unpaired) electrons. The van der Waals surface area contributed by atoms with Gasteiger partial charge < -0.3 is 9.64 Å². The number of carbonyl (C=O) groups excluding carboxylic acids is 2. The molecule has 0 fully saturated rings. The van der Waals surface area contributed by atoms with Gasteiger partial charge in [-0.1, -0.05) is 30.3 Å². The van der Waals surface area contributed by atoms with Crippen molar-refractivity contribution < 1.29 is 14.3 Å². The summed E-state index contributed by atoms with van der Waals surface area (Å²) in [7, 11) is 0. The van der Waals surface area contributed by atoms with Gasteiger partial charge >= 0.3 is 6.09 Å². The van der Waals surface area contributed by atoms with Crippen LogP contribution >= 0.6 is 0 Å². The van der Waals surface area contributed by atoms with Gasteiger partial charge in [0, 0.05) is 18.0 Å². The molecule has 0 saturated carbocycles. The van der Waals surface area contributed by atoms with Crippen LogP contribution in [-0.4, -0.2) is 17.6 Å². The Hall–Kier alpha value is -3.08. The molecule has 0 atom stereocenters. The maximum atomic E-state index is 12.6. The van der Waals surface area contributed by atoms with E-state index in [-0.39, 0.29) is 0 Å². The Morgan fingerprint density at radius 1 is 0.920 bits per heavy atom. The predicted octanol–water partition coefficient (Wildman–Crippen LogP) is 4.62. The molecule has 1 heterocycles. The summed E-state index contributed by atoms with van der Waals surface area (Å²) >= 11 is 0. The molecular weight excluding hydrogens is 316 g/mol. The first-order valence-electron chi connectivity index (χ1n) is 8.05. The molecule has 25 heavy (non-hydrogen) atoms. The minimum atomic E-state index is -0.693. The number of ether oxygens (including phenoxy) is 1. The molecule has 2 aromatic rings. The molecule has 0 N–H and O–H groups in total. The van der Waals surface area contributed by atoms with Gasteiger partial charge in [-0.2, -0.15) is 0 Å². The predicted molar refractivity (Wildman–Crippen MR) is 97.9 cm³/mol. The van der Waals surface area contributed by atoms with Crippen molar-refractivity contribution >= 4 is 29.1 Å². The number of fused-ring (bicyclic) bond motifs is 1. The van der Waals surface area contributed by atoms with Crippen molar-refractivity contribution in [3.8, 4) is 0 Å². The second kappa shape index (κ2) is 6.43. The molecule has 5 heteroatoms. The number of hydrogen-bond donors (Lipinski definition) is 0. The fourth-order valence-electron chi connectivity index (χ4n) is 2.58. The van der Waals surface area contributed by atoms with Gasteiger partial charge in [-0.25, -0.2) is 9.69 Å². The third-order valence-electron chi connectivity index (χ3n) is 3.58. The van der Waals surface area contributed by atoms with E-state index < -0.39 is 17.6 Å². The quantitative estimate of drug-likeness (QED) is 0.762. The van der Waals surface area contributed by atoms with E-state index in [1.54, 1.807) is 39.1 Å². The summed E-state index contributed by atoms with van der Waals surface area (Å²) in [6, 6.07) is 16.9. The topological polar surface area (TPSA) is 49.9 Å². The van der Waals surface area contributed by atoms with E-state index >= 15 is 0 Å². The summed E-state index contributed by atoms with van der Waals surface area (Å²) in [5.41, 5.74) is 1.41. The monoisotopic (exact) mass is 336 g/mol. The molecule has 0 bridgehead atoms. The van der Waals surface area contributed by atoms with E-state index in [1.165, 1.54) is 6.08 Å². The van der Waals surface area contributed by atoms with Gasteiger partial charge in [0.05, 0.1) is 11.4 Å². The highest BCUT2D eigenvalue weighted by molar-refractivity contribution is 6.19. The second-order valence-corrected chi connectivity index (χ2v) is 6.66. The third-order valence-corrected chi connectivity index (χ3v) is 3.58. The van der Waals surface area contributed by atoms with Crippen LogP contribution in [-0.2, 0) is 9.53 Å². The van der Waals surface area contributed by atoms with Crippen LogP contribution in [0.25, 0.3) is 0 Å². The zero-order valence-electron chi connectivity index (χ0n) is 14.5. The highest BCUT2D eigenvalue weighted by Crippen LogP contribution is 2.37. The van der Waals surface area contributed by atoms with Crippen molar-refractivity contribution in [1.82, 2.24) is 0 Å². The Morgan fingerprint density at radius 3 is 2.16 bits per heavy atom. The average Bonchev–Trinajstić information content (AvgIpc) is 2.70. The Morgan fingerprint density at radius 2 is 1.52 bits per heavy atom. The minimum Gasteiger partial charge on any atom is -0.443 e. The Labute approximate surface area is 147 Å². The lowest BCUT2D eigenvalue weighted by atomic mass is 10.2. The van der Waals surface area contributed by atoms with Crippen LogP contribution in [0.5, 0.6) is 0 Å².